The highest BCUT2D eigenvalue weighted by atomic mass is 31.2. The molecule has 23 heavy (non-hydrogen) atoms. The minimum Gasteiger partial charge on any atom is -0.367 e. The normalized spacial score (nSPS) is 30.3. The zero-order valence-corrected chi connectivity index (χ0v) is 14.3. The molecule has 1 fully saturated rings. The summed E-state index contributed by atoms with van der Waals surface area (Å²) in [4.78, 5) is 12.5. The smallest absolute Gasteiger partial charge is 0.356 e. The molecular formula is C14H21N4O4P. The Morgan fingerprint density at radius 3 is 3.09 bits per heavy atom. The number of fused-ring (bicyclic) bond motifs is 1. The van der Waals surface area contributed by atoms with Gasteiger partial charge in [-0.1, -0.05) is 6.92 Å². The summed E-state index contributed by atoms with van der Waals surface area (Å²) in [5.41, 5.74) is 2.11. The van der Waals surface area contributed by atoms with Crippen LogP contribution in [0.5, 0.6) is 0 Å². The van der Waals surface area contributed by atoms with Gasteiger partial charge < -0.3 is 18.4 Å². The van der Waals surface area contributed by atoms with Crippen molar-refractivity contribution in [2.45, 2.75) is 33.4 Å². The van der Waals surface area contributed by atoms with Crippen molar-refractivity contribution >= 4 is 18.8 Å². The second kappa shape index (κ2) is 6.65. The molecular weight excluding hydrogens is 319 g/mol. The average Bonchev–Trinajstić information content (AvgIpc) is 2.94. The van der Waals surface area contributed by atoms with E-state index in [-0.39, 0.29) is 24.9 Å². The third kappa shape index (κ3) is 3.61. The first kappa shape index (κ1) is 15.2. The van der Waals surface area contributed by atoms with Gasteiger partial charge in [0.05, 0.1) is 32.7 Å². The van der Waals surface area contributed by atoms with Crippen LogP contribution in [0.1, 0.15) is 20.9 Å². The Morgan fingerprint density at radius 2 is 2.30 bits per heavy atom. The van der Waals surface area contributed by atoms with Crippen LogP contribution in [0.4, 0.5) is 0 Å². The molecule has 1 saturated heterocycles. The zero-order valence-electron chi connectivity index (χ0n) is 14.4. The molecule has 0 saturated carbocycles. The summed E-state index contributed by atoms with van der Waals surface area (Å²) >= 11 is 0. The minimum atomic E-state index is -3.30. The lowest BCUT2D eigenvalue weighted by molar-refractivity contribution is 0.0283. The lowest BCUT2D eigenvalue weighted by atomic mass is 10.1. The first-order valence-electron chi connectivity index (χ1n) is 8.04. The largest absolute Gasteiger partial charge is 0.367 e. The van der Waals surface area contributed by atoms with Crippen LogP contribution >= 0.6 is 7.60 Å². The van der Waals surface area contributed by atoms with Gasteiger partial charge in [-0.05, 0) is 13.8 Å². The molecule has 2 aromatic rings. The summed E-state index contributed by atoms with van der Waals surface area (Å²) in [5.74, 6) is 0.180. The van der Waals surface area contributed by atoms with Gasteiger partial charge in [0, 0.05) is 12.5 Å². The minimum absolute atomic E-state index is 0.158. The summed E-state index contributed by atoms with van der Waals surface area (Å²) in [5, 5.41) is 0. The number of ether oxygens (including phenoxy) is 1. The molecule has 0 aliphatic carbocycles. The highest BCUT2D eigenvalue weighted by molar-refractivity contribution is 7.53. The van der Waals surface area contributed by atoms with Gasteiger partial charge >= 0.3 is 7.60 Å². The molecule has 8 nitrogen and oxygen atoms in total. The van der Waals surface area contributed by atoms with E-state index in [1.54, 1.807) is 10.9 Å². The Labute approximate surface area is 136 Å². The molecule has 1 aliphatic heterocycles. The van der Waals surface area contributed by atoms with Crippen molar-refractivity contribution in [3.8, 4) is 0 Å². The molecule has 3 rings (SSSR count). The summed E-state index contributed by atoms with van der Waals surface area (Å²) in [6, 6.07) is 0. The van der Waals surface area contributed by atoms with E-state index in [1.807, 2.05) is 20.8 Å². The van der Waals surface area contributed by atoms with E-state index in [4.69, 9.17) is 15.2 Å². The lowest BCUT2D eigenvalue weighted by Crippen LogP contribution is -2.28. The molecule has 4 unspecified atom stereocenters. The van der Waals surface area contributed by atoms with Gasteiger partial charge in [-0.25, -0.2) is 15.0 Å². The Balaban J connectivity index is 1.60. The van der Waals surface area contributed by atoms with E-state index in [0.29, 0.717) is 17.8 Å². The lowest BCUT2D eigenvalue weighted by Gasteiger charge is -2.32. The molecule has 0 amide bonds. The Kier molecular flexibility index (Phi) is 4.39. The van der Waals surface area contributed by atoms with Gasteiger partial charge in [0.2, 0.25) is 0 Å². The average molecular weight is 342 g/mol. The van der Waals surface area contributed by atoms with Crippen LogP contribution in [-0.2, 0) is 24.9 Å². The van der Waals surface area contributed by atoms with E-state index < -0.39 is 14.2 Å². The standard InChI is InChI=1S/C14H21N4O4P/c1-10-6-21-23(19,22-12(10)3)9-20-5-4-18-8-17-13-11(2)15-7-16-14(13)18/h7-8,10,12H,4-6,9H2,1-3H3/i5T. The fourth-order valence-electron chi connectivity index (χ4n) is 2.23. The molecule has 9 heteroatoms. The van der Waals surface area contributed by atoms with Crippen molar-refractivity contribution < 1.29 is 19.7 Å². The molecule has 4 atom stereocenters. The predicted octanol–water partition coefficient (Wildman–Crippen LogP) is 2.37. The van der Waals surface area contributed by atoms with E-state index in [1.165, 1.54) is 6.33 Å². The molecule has 0 bridgehead atoms. The van der Waals surface area contributed by atoms with Crippen LogP contribution in [0.15, 0.2) is 12.7 Å². The van der Waals surface area contributed by atoms with Gasteiger partial charge in [0.1, 0.15) is 18.2 Å². The van der Waals surface area contributed by atoms with Crippen molar-refractivity contribution in [2.75, 3.05) is 19.5 Å². The molecule has 0 N–H and O–H groups in total. The number of imidazole rings is 1. The van der Waals surface area contributed by atoms with Crippen molar-refractivity contribution in [3.63, 3.8) is 0 Å². The van der Waals surface area contributed by atoms with Crippen LogP contribution in [0.25, 0.3) is 11.2 Å². The summed E-state index contributed by atoms with van der Waals surface area (Å²) in [6.45, 7) is 5.31. The van der Waals surface area contributed by atoms with Crippen LogP contribution < -0.4 is 0 Å². The fraction of sp³-hybridized carbons (Fsp3) is 0.643. The van der Waals surface area contributed by atoms with Gasteiger partial charge in [-0.3, -0.25) is 4.57 Å². The van der Waals surface area contributed by atoms with Crippen molar-refractivity contribution in [1.29, 1.82) is 0 Å². The molecule has 2 aromatic heterocycles. The topological polar surface area (TPSA) is 88.4 Å². The van der Waals surface area contributed by atoms with Gasteiger partial charge in [-0.2, -0.15) is 0 Å². The van der Waals surface area contributed by atoms with Crippen LogP contribution in [0, 0.1) is 12.8 Å². The highest BCUT2D eigenvalue weighted by Gasteiger charge is 2.35. The Hall–Kier alpha value is -1.34. The van der Waals surface area contributed by atoms with Crippen LogP contribution in [0.3, 0.4) is 0 Å². The maximum atomic E-state index is 12.5. The van der Waals surface area contributed by atoms with Crippen LogP contribution in [0.2, 0.25) is 0 Å². The number of rotatable bonds is 5. The Morgan fingerprint density at radius 1 is 1.48 bits per heavy atom. The maximum absolute atomic E-state index is 12.5. The Bertz CT molecular complexity index is 770. The SMILES string of the molecule is [3H]C(Cn1cnc2c(C)ncnc21)OCP1(=O)OCC(C)C(C)O1. The van der Waals surface area contributed by atoms with Gasteiger partial charge in [0.25, 0.3) is 0 Å². The van der Waals surface area contributed by atoms with E-state index >= 15 is 0 Å². The maximum Gasteiger partial charge on any atom is 0.356 e. The van der Waals surface area contributed by atoms with Crippen LogP contribution in [-0.4, -0.2) is 45.2 Å². The predicted molar refractivity (Wildman–Crippen MR) is 84.1 cm³/mol. The third-order valence-electron chi connectivity index (χ3n) is 3.87. The summed E-state index contributed by atoms with van der Waals surface area (Å²) in [7, 11) is -3.30. The number of hydrogen-bond acceptors (Lipinski definition) is 7. The van der Waals surface area contributed by atoms with Gasteiger partial charge in [-0.15, -0.1) is 0 Å². The molecule has 0 aromatic carbocycles. The van der Waals surface area contributed by atoms with E-state index in [9.17, 15) is 4.57 Å². The summed E-state index contributed by atoms with van der Waals surface area (Å²) in [6.07, 6.45) is 2.66. The number of nitrogens with zero attached hydrogens (tertiary/aromatic N) is 4. The zero-order chi connectivity index (χ0) is 17.3. The quantitative estimate of drug-likeness (QED) is 0.771. The van der Waals surface area contributed by atoms with Gasteiger partial charge in [0.15, 0.2) is 5.65 Å². The first-order chi connectivity index (χ1) is 11.4. The number of aryl methyl sites for hydroxylation is 2. The second-order valence-electron chi connectivity index (χ2n) is 5.69. The second-order valence-corrected chi connectivity index (χ2v) is 7.63. The highest BCUT2D eigenvalue weighted by Crippen LogP contribution is 2.53. The third-order valence-corrected chi connectivity index (χ3v) is 5.53. The number of aromatic nitrogens is 4. The molecule has 0 radical (unpaired) electrons. The molecule has 3 heterocycles. The molecule has 126 valence electrons. The molecule has 1 aliphatic rings. The number of hydrogen-bond donors (Lipinski definition) is 0. The monoisotopic (exact) mass is 342 g/mol. The van der Waals surface area contributed by atoms with Crippen molar-refractivity contribution in [3.05, 3.63) is 18.3 Å². The van der Waals surface area contributed by atoms with Crippen molar-refractivity contribution in [1.82, 2.24) is 19.5 Å². The van der Waals surface area contributed by atoms with Crippen molar-refractivity contribution in [2.24, 2.45) is 5.92 Å². The fourth-order valence-corrected chi connectivity index (χ4v) is 3.89. The molecule has 0 spiro atoms. The summed E-state index contributed by atoms with van der Waals surface area (Å²) < 4.78 is 38.3. The first-order valence-corrected chi connectivity index (χ1v) is 9.19. The van der Waals surface area contributed by atoms with E-state index in [2.05, 4.69) is 15.0 Å². The van der Waals surface area contributed by atoms with E-state index in [0.717, 1.165) is 5.69 Å².